The van der Waals surface area contributed by atoms with E-state index in [2.05, 4.69) is 35.9 Å². The molecule has 86 valence electrons. The molecule has 0 amide bonds. The fraction of sp³-hybridized carbons (Fsp3) is 0.750. The van der Waals surface area contributed by atoms with Crippen LogP contribution in [-0.2, 0) is 13.0 Å². The van der Waals surface area contributed by atoms with E-state index in [9.17, 15) is 0 Å². The predicted molar refractivity (Wildman–Crippen MR) is 64.2 cm³/mol. The first-order chi connectivity index (χ1) is 7.20. The van der Waals surface area contributed by atoms with Gasteiger partial charge in [-0.1, -0.05) is 6.92 Å². The lowest BCUT2D eigenvalue weighted by molar-refractivity contribution is 0.535. The Hall–Kier alpha value is -0.830. The van der Waals surface area contributed by atoms with Gasteiger partial charge in [0.1, 0.15) is 0 Å². The zero-order valence-corrected chi connectivity index (χ0v) is 10.4. The van der Waals surface area contributed by atoms with Crippen LogP contribution in [0.3, 0.4) is 0 Å². The minimum Gasteiger partial charge on any atom is -0.320 e. The van der Waals surface area contributed by atoms with Crippen molar-refractivity contribution in [2.24, 2.45) is 0 Å². The smallest absolute Gasteiger partial charge is 0.0628 e. The van der Waals surface area contributed by atoms with E-state index in [-0.39, 0.29) is 0 Å². The average molecular weight is 209 g/mol. The minimum absolute atomic E-state index is 1.05. The Labute approximate surface area is 92.9 Å². The fourth-order valence-electron chi connectivity index (χ4n) is 2.03. The van der Waals surface area contributed by atoms with E-state index in [1.807, 2.05) is 7.05 Å². The molecule has 1 heterocycles. The molecule has 0 saturated carbocycles. The van der Waals surface area contributed by atoms with Gasteiger partial charge in [-0.25, -0.2) is 0 Å². The van der Waals surface area contributed by atoms with Crippen LogP contribution >= 0.6 is 0 Å². The Morgan fingerprint density at radius 1 is 1.27 bits per heavy atom. The Kier molecular flexibility index (Phi) is 4.82. The van der Waals surface area contributed by atoms with Crippen LogP contribution in [0.15, 0.2) is 0 Å². The molecular formula is C12H23N3. The zero-order valence-electron chi connectivity index (χ0n) is 10.4. The number of rotatable bonds is 6. The van der Waals surface area contributed by atoms with Crippen molar-refractivity contribution in [3.05, 3.63) is 17.0 Å². The molecule has 0 aliphatic heterocycles. The number of aryl methyl sites for hydroxylation is 2. The number of hydrogen-bond donors (Lipinski definition) is 1. The molecule has 0 unspecified atom stereocenters. The molecule has 0 aromatic carbocycles. The summed E-state index contributed by atoms with van der Waals surface area (Å²) in [5.74, 6) is 0. The lowest BCUT2D eigenvalue weighted by Gasteiger charge is -2.04. The van der Waals surface area contributed by atoms with Gasteiger partial charge in [0, 0.05) is 12.2 Å². The predicted octanol–water partition coefficient (Wildman–Crippen LogP) is 2.06. The molecule has 0 atom stereocenters. The van der Waals surface area contributed by atoms with Crippen LogP contribution < -0.4 is 5.32 Å². The molecule has 1 N–H and O–H groups in total. The lowest BCUT2D eigenvalue weighted by Crippen LogP contribution is -2.10. The SMILES string of the molecule is CCc1c(C)nn(CCCCNC)c1C. The van der Waals surface area contributed by atoms with Gasteiger partial charge < -0.3 is 5.32 Å². The standard InChI is InChI=1S/C12H23N3/c1-5-12-10(2)14-15(11(12)3)9-7-6-8-13-4/h13H,5-9H2,1-4H3. The third-order valence-corrected chi connectivity index (χ3v) is 2.93. The molecule has 0 bridgehead atoms. The van der Waals surface area contributed by atoms with Gasteiger partial charge >= 0.3 is 0 Å². The Morgan fingerprint density at radius 3 is 2.53 bits per heavy atom. The summed E-state index contributed by atoms with van der Waals surface area (Å²) in [6, 6.07) is 0. The monoisotopic (exact) mass is 209 g/mol. The van der Waals surface area contributed by atoms with Crippen LogP contribution in [0.4, 0.5) is 0 Å². The minimum atomic E-state index is 1.05. The topological polar surface area (TPSA) is 29.9 Å². The molecule has 3 heteroatoms. The summed E-state index contributed by atoms with van der Waals surface area (Å²) < 4.78 is 2.16. The molecule has 1 rings (SSSR count). The maximum atomic E-state index is 4.57. The van der Waals surface area contributed by atoms with Crippen molar-refractivity contribution in [2.45, 2.75) is 46.6 Å². The van der Waals surface area contributed by atoms with Gasteiger partial charge in [-0.15, -0.1) is 0 Å². The number of hydrogen-bond acceptors (Lipinski definition) is 2. The van der Waals surface area contributed by atoms with Gasteiger partial charge in [-0.2, -0.15) is 5.10 Å². The highest BCUT2D eigenvalue weighted by Gasteiger charge is 2.08. The Morgan fingerprint density at radius 2 is 2.00 bits per heavy atom. The van der Waals surface area contributed by atoms with E-state index in [1.165, 1.54) is 29.8 Å². The van der Waals surface area contributed by atoms with Crippen molar-refractivity contribution >= 4 is 0 Å². The van der Waals surface area contributed by atoms with E-state index in [0.29, 0.717) is 0 Å². The van der Waals surface area contributed by atoms with Crippen molar-refractivity contribution < 1.29 is 0 Å². The van der Waals surface area contributed by atoms with Crippen molar-refractivity contribution in [1.82, 2.24) is 15.1 Å². The Balaban J connectivity index is 2.54. The highest BCUT2D eigenvalue weighted by Crippen LogP contribution is 2.13. The summed E-state index contributed by atoms with van der Waals surface area (Å²) in [4.78, 5) is 0. The summed E-state index contributed by atoms with van der Waals surface area (Å²) >= 11 is 0. The average Bonchev–Trinajstić information content (AvgIpc) is 2.49. The van der Waals surface area contributed by atoms with Crippen LogP contribution in [0.1, 0.15) is 36.7 Å². The van der Waals surface area contributed by atoms with Gasteiger partial charge in [-0.05, 0) is 52.3 Å². The van der Waals surface area contributed by atoms with Crippen molar-refractivity contribution in [2.75, 3.05) is 13.6 Å². The van der Waals surface area contributed by atoms with Crippen LogP contribution in [-0.4, -0.2) is 23.4 Å². The van der Waals surface area contributed by atoms with Gasteiger partial charge in [0.25, 0.3) is 0 Å². The third-order valence-electron chi connectivity index (χ3n) is 2.93. The molecule has 0 aliphatic rings. The van der Waals surface area contributed by atoms with E-state index < -0.39 is 0 Å². The van der Waals surface area contributed by atoms with Crippen LogP contribution in [0.2, 0.25) is 0 Å². The fourth-order valence-corrected chi connectivity index (χ4v) is 2.03. The Bertz CT molecular complexity index is 302. The first-order valence-electron chi connectivity index (χ1n) is 5.88. The second-order valence-electron chi connectivity index (χ2n) is 4.04. The molecule has 3 nitrogen and oxygen atoms in total. The van der Waals surface area contributed by atoms with E-state index >= 15 is 0 Å². The van der Waals surface area contributed by atoms with Gasteiger partial charge in [-0.3, -0.25) is 4.68 Å². The molecule has 0 radical (unpaired) electrons. The van der Waals surface area contributed by atoms with Crippen LogP contribution in [0.5, 0.6) is 0 Å². The normalized spacial score (nSPS) is 10.9. The molecule has 0 saturated heterocycles. The molecular weight excluding hydrogens is 186 g/mol. The lowest BCUT2D eigenvalue weighted by atomic mass is 10.1. The number of nitrogens with zero attached hydrogens (tertiary/aromatic N) is 2. The molecule has 15 heavy (non-hydrogen) atoms. The van der Waals surface area contributed by atoms with Gasteiger partial charge in [0.15, 0.2) is 0 Å². The van der Waals surface area contributed by atoms with Crippen molar-refractivity contribution in [3.63, 3.8) is 0 Å². The molecule has 0 spiro atoms. The number of unbranched alkanes of at least 4 members (excludes halogenated alkanes) is 1. The summed E-state index contributed by atoms with van der Waals surface area (Å²) in [6.45, 7) is 8.63. The van der Waals surface area contributed by atoms with Crippen LogP contribution in [0.25, 0.3) is 0 Å². The van der Waals surface area contributed by atoms with Gasteiger partial charge in [0.05, 0.1) is 5.69 Å². The highest BCUT2D eigenvalue weighted by atomic mass is 15.3. The molecule has 1 aromatic heterocycles. The van der Waals surface area contributed by atoms with E-state index in [1.54, 1.807) is 0 Å². The molecule has 1 aromatic rings. The third kappa shape index (κ3) is 3.06. The first kappa shape index (κ1) is 12.2. The summed E-state index contributed by atoms with van der Waals surface area (Å²) in [5, 5.41) is 7.74. The largest absolute Gasteiger partial charge is 0.320 e. The van der Waals surface area contributed by atoms with E-state index in [0.717, 1.165) is 19.5 Å². The molecule has 0 aliphatic carbocycles. The van der Waals surface area contributed by atoms with E-state index in [4.69, 9.17) is 0 Å². The second-order valence-corrected chi connectivity index (χ2v) is 4.04. The van der Waals surface area contributed by atoms with Crippen molar-refractivity contribution in [3.8, 4) is 0 Å². The van der Waals surface area contributed by atoms with Gasteiger partial charge in [0.2, 0.25) is 0 Å². The van der Waals surface area contributed by atoms with Crippen LogP contribution in [0, 0.1) is 13.8 Å². The maximum Gasteiger partial charge on any atom is 0.0628 e. The summed E-state index contributed by atoms with van der Waals surface area (Å²) in [6.07, 6.45) is 3.51. The maximum absolute atomic E-state index is 4.57. The summed E-state index contributed by atoms with van der Waals surface area (Å²) in [5.41, 5.74) is 3.96. The van der Waals surface area contributed by atoms with Crippen molar-refractivity contribution in [1.29, 1.82) is 0 Å². The summed E-state index contributed by atoms with van der Waals surface area (Å²) in [7, 11) is 2.00. The quantitative estimate of drug-likeness (QED) is 0.727. The number of nitrogens with one attached hydrogen (secondary N) is 1. The number of aromatic nitrogens is 2. The second kappa shape index (κ2) is 5.91. The zero-order chi connectivity index (χ0) is 11.3. The first-order valence-corrected chi connectivity index (χ1v) is 5.88. The highest BCUT2D eigenvalue weighted by molar-refractivity contribution is 5.24. The molecule has 0 fully saturated rings.